The highest BCUT2D eigenvalue weighted by atomic mass is 16.5. The van der Waals surface area contributed by atoms with Crippen LogP contribution in [0.4, 0.5) is 0 Å². The minimum atomic E-state index is 0.774. The van der Waals surface area contributed by atoms with Gasteiger partial charge in [0.25, 0.3) is 0 Å². The Hall–Kier alpha value is -0.380. The van der Waals surface area contributed by atoms with Crippen LogP contribution in [0.25, 0.3) is 0 Å². The molecule has 3 nitrogen and oxygen atoms in total. The van der Waals surface area contributed by atoms with Crippen LogP contribution in [0.3, 0.4) is 0 Å². The first-order valence-corrected chi connectivity index (χ1v) is 5.87. The first kappa shape index (κ1) is 12.7. The van der Waals surface area contributed by atoms with E-state index in [1.54, 1.807) is 7.11 Å². The van der Waals surface area contributed by atoms with Gasteiger partial charge in [-0.15, -0.1) is 0 Å². The fraction of sp³-hybridized carbons (Fsp3) is 0.833. The average molecular weight is 212 g/mol. The lowest BCUT2D eigenvalue weighted by molar-refractivity contribution is 0.155. The number of nitrogens with one attached hydrogen (secondary N) is 1. The molecule has 0 spiro atoms. The van der Waals surface area contributed by atoms with Crippen LogP contribution >= 0.6 is 0 Å². The minimum Gasteiger partial charge on any atom is -0.383 e. The topological polar surface area (TPSA) is 24.5 Å². The highest BCUT2D eigenvalue weighted by Crippen LogP contribution is 2.18. The Morgan fingerprint density at radius 3 is 2.80 bits per heavy atom. The maximum Gasteiger partial charge on any atom is 0.0589 e. The molecular formula is C12H24N2O. The van der Waals surface area contributed by atoms with Crippen LogP contribution in [0, 0.1) is 0 Å². The van der Waals surface area contributed by atoms with E-state index >= 15 is 0 Å². The van der Waals surface area contributed by atoms with E-state index in [0.717, 1.165) is 38.8 Å². The molecule has 0 bridgehead atoms. The van der Waals surface area contributed by atoms with Crippen molar-refractivity contribution in [2.75, 3.05) is 39.9 Å². The molecule has 0 saturated heterocycles. The molecule has 0 unspecified atom stereocenters. The van der Waals surface area contributed by atoms with Crippen molar-refractivity contribution in [3.05, 3.63) is 12.2 Å². The summed E-state index contributed by atoms with van der Waals surface area (Å²) in [6.45, 7) is 11.1. The molecule has 1 rings (SSSR count). The number of ether oxygens (including phenoxy) is 1. The molecule has 0 aromatic carbocycles. The molecule has 0 aliphatic heterocycles. The molecule has 1 fully saturated rings. The molecule has 1 N–H and O–H groups in total. The van der Waals surface area contributed by atoms with Gasteiger partial charge in [0, 0.05) is 32.8 Å². The minimum absolute atomic E-state index is 0.774. The highest BCUT2D eigenvalue weighted by molar-refractivity contribution is 5.01. The molecule has 0 atom stereocenters. The van der Waals surface area contributed by atoms with Crippen LogP contribution in [0.1, 0.15) is 19.8 Å². The number of hydrogen-bond donors (Lipinski definition) is 1. The third kappa shape index (κ3) is 5.92. The monoisotopic (exact) mass is 212 g/mol. The molecule has 3 heteroatoms. The van der Waals surface area contributed by atoms with Crippen LogP contribution in [0.2, 0.25) is 0 Å². The summed E-state index contributed by atoms with van der Waals surface area (Å²) in [5.74, 6) is 0. The van der Waals surface area contributed by atoms with Gasteiger partial charge in [-0.25, -0.2) is 0 Å². The maximum atomic E-state index is 5.08. The largest absolute Gasteiger partial charge is 0.383 e. The number of likely N-dealkylation sites (N-methyl/N-ethyl adjacent to an activating group) is 1. The summed E-state index contributed by atoms with van der Waals surface area (Å²) in [6, 6.07) is 0.774. The molecule has 0 aromatic heterocycles. The molecule has 0 radical (unpaired) electrons. The van der Waals surface area contributed by atoms with Crippen LogP contribution in [-0.4, -0.2) is 50.8 Å². The molecular weight excluding hydrogens is 188 g/mol. The fourth-order valence-corrected chi connectivity index (χ4v) is 1.52. The predicted octanol–water partition coefficient (Wildman–Crippen LogP) is 1.26. The van der Waals surface area contributed by atoms with Gasteiger partial charge in [0.1, 0.15) is 0 Å². The van der Waals surface area contributed by atoms with Crippen LogP contribution in [-0.2, 0) is 4.74 Å². The van der Waals surface area contributed by atoms with Crippen molar-refractivity contribution in [2.45, 2.75) is 25.8 Å². The van der Waals surface area contributed by atoms with Gasteiger partial charge in [-0.3, -0.25) is 4.90 Å². The molecule has 1 saturated carbocycles. The summed E-state index contributed by atoms with van der Waals surface area (Å²) in [5, 5.41) is 3.48. The summed E-state index contributed by atoms with van der Waals surface area (Å²) in [7, 11) is 1.75. The Kier molecular flexibility index (Phi) is 5.91. The third-order valence-corrected chi connectivity index (χ3v) is 2.72. The average Bonchev–Trinajstić information content (AvgIpc) is 3.05. The zero-order chi connectivity index (χ0) is 11.1. The van der Waals surface area contributed by atoms with Gasteiger partial charge in [-0.1, -0.05) is 13.5 Å². The van der Waals surface area contributed by atoms with Gasteiger partial charge < -0.3 is 10.1 Å². The van der Waals surface area contributed by atoms with Gasteiger partial charge in [0.05, 0.1) is 6.61 Å². The third-order valence-electron chi connectivity index (χ3n) is 2.72. The van der Waals surface area contributed by atoms with Crippen molar-refractivity contribution in [1.82, 2.24) is 10.2 Å². The number of rotatable bonds is 9. The summed E-state index contributed by atoms with van der Waals surface area (Å²) in [5.41, 5.74) is 1.28. The molecule has 0 aromatic rings. The van der Waals surface area contributed by atoms with Gasteiger partial charge in [0.2, 0.25) is 0 Å². The quantitative estimate of drug-likeness (QED) is 0.582. The van der Waals surface area contributed by atoms with Gasteiger partial charge >= 0.3 is 0 Å². The molecule has 0 heterocycles. The van der Waals surface area contributed by atoms with Crippen molar-refractivity contribution in [3.63, 3.8) is 0 Å². The van der Waals surface area contributed by atoms with E-state index < -0.39 is 0 Å². The second-order valence-electron chi connectivity index (χ2n) is 4.27. The van der Waals surface area contributed by atoms with Crippen molar-refractivity contribution >= 4 is 0 Å². The molecule has 1 aliphatic rings. The smallest absolute Gasteiger partial charge is 0.0589 e. The van der Waals surface area contributed by atoms with Gasteiger partial charge in [-0.05, 0) is 25.0 Å². The van der Waals surface area contributed by atoms with E-state index in [-0.39, 0.29) is 0 Å². The normalized spacial score (nSPS) is 15.9. The molecule has 0 amide bonds. The van der Waals surface area contributed by atoms with Crippen molar-refractivity contribution < 1.29 is 4.74 Å². The van der Waals surface area contributed by atoms with Crippen LogP contribution in [0.5, 0.6) is 0 Å². The SMILES string of the molecule is C=C(CNC1CC1)CN(CC)CCOC. The lowest BCUT2D eigenvalue weighted by atomic mass is 10.2. The van der Waals surface area contributed by atoms with E-state index in [2.05, 4.69) is 23.7 Å². The molecule has 88 valence electrons. The lowest BCUT2D eigenvalue weighted by Gasteiger charge is -2.21. The van der Waals surface area contributed by atoms with E-state index in [1.165, 1.54) is 18.4 Å². The Morgan fingerprint density at radius 2 is 2.27 bits per heavy atom. The van der Waals surface area contributed by atoms with E-state index in [9.17, 15) is 0 Å². The van der Waals surface area contributed by atoms with E-state index in [4.69, 9.17) is 4.74 Å². The first-order valence-electron chi connectivity index (χ1n) is 5.87. The Morgan fingerprint density at radius 1 is 1.53 bits per heavy atom. The van der Waals surface area contributed by atoms with Crippen LogP contribution < -0.4 is 5.32 Å². The first-order chi connectivity index (χ1) is 7.26. The van der Waals surface area contributed by atoms with Crippen molar-refractivity contribution in [1.29, 1.82) is 0 Å². The van der Waals surface area contributed by atoms with Crippen molar-refractivity contribution in [3.8, 4) is 0 Å². The predicted molar refractivity (Wildman–Crippen MR) is 64.2 cm³/mol. The summed E-state index contributed by atoms with van der Waals surface area (Å²) < 4.78 is 5.08. The fourth-order valence-electron chi connectivity index (χ4n) is 1.52. The second kappa shape index (κ2) is 6.99. The Balaban J connectivity index is 2.08. The summed E-state index contributed by atoms with van der Waals surface area (Å²) in [6.07, 6.45) is 2.68. The molecule has 1 aliphatic carbocycles. The van der Waals surface area contributed by atoms with Gasteiger partial charge in [-0.2, -0.15) is 0 Å². The van der Waals surface area contributed by atoms with E-state index in [1.807, 2.05) is 0 Å². The number of methoxy groups -OCH3 is 1. The summed E-state index contributed by atoms with van der Waals surface area (Å²) in [4.78, 5) is 2.36. The van der Waals surface area contributed by atoms with Crippen molar-refractivity contribution in [2.24, 2.45) is 0 Å². The Bertz CT molecular complexity index is 190. The zero-order valence-electron chi connectivity index (χ0n) is 10.1. The van der Waals surface area contributed by atoms with Gasteiger partial charge in [0.15, 0.2) is 0 Å². The standard InChI is InChI=1S/C12H24N2O/c1-4-14(7-8-15-3)10-11(2)9-13-12-5-6-12/h12-13H,2,4-10H2,1,3H3. The second-order valence-corrected chi connectivity index (χ2v) is 4.27. The number of nitrogens with zero attached hydrogens (tertiary/aromatic N) is 1. The van der Waals surface area contributed by atoms with E-state index in [0.29, 0.717) is 0 Å². The number of hydrogen-bond acceptors (Lipinski definition) is 3. The lowest BCUT2D eigenvalue weighted by Crippen LogP contribution is -2.32. The Labute approximate surface area is 93.5 Å². The van der Waals surface area contributed by atoms with Crippen LogP contribution in [0.15, 0.2) is 12.2 Å². The molecule has 15 heavy (non-hydrogen) atoms. The summed E-state index contributed by atoms with van der Waals surface area (Å²) >= 11 is 0. The highest BCUT2D eigenvalue weighted by Gasteiger charge is 2.20. The zero-order valence-corrected chi connectivity index (χ0v) is 10.1. The maximum absolute atomic E-state index is 5.08.